The molecule has 0 radical (unpaired) electrons. The molecule has 0 atom stereocenters. The number of thioether (sulfide) groups is 1. The van der Waals surface area contributed by atoms with Crippen molar-refractivity contribution in [3.05, 3.63) is 87.3 Å². The molecule has 2 aromatic carbocycles. The highest BCUT2D eigenvalue weighted by Crippen LogP contribution is 2.29. The molecule has 0 bridgehead atoms. The van der Waals surface area contributed by atoms with Gasteiger partial charge in [-0.3, -0.25) is 19.5 Å². The molecule has 0 aliphatic heterocycles. The van der Waals surface area contributed by atoms with Gasteiger partial charge in [0.2, 0.25) is 5.91 Å². The molecule has 0 saturated heterocycles. The lowest BCUT2D eigenvalue weighted by atomic mass is 10.2. The van der Waals surface area contributed by atoms with Crippen molar-refractivity contribution < 1.29 is 14.1 Å². The summed E-state index contributed by atoms with van der Waals surface area (Å²) in [4.78, 5) is 23.0. The molecule has 1 N–H and O–H groups in total. The second-order valence-corrected chi connectivity index (χ2v) is 8.38. The predicted molar refractivity (Wildman–Crippen MR) is 125 cm³/mol. The summed E-state index contributed by atoms with van der Waals surface area (Å²) in [6, 6.07) is 15.5. The van der Waals surface area contributed by atoms with Crippen molar-refractivity contribution in [3.63, 3.8) is 0 Å². The monoisotopic (exact) mass is 483 g/mol. The molecular weight excluding hydrogens is 466 g/mol. The van der Waals surface area contributed by atoms with Gasteiger partial charge in [0.15, 0.2) is 11.0 Å². The van der Waals surface area contributed by atoms with Gasteiger partial charge in [-0.2, -0.15) is 0 Å². The van der Waals surface area contributed by atoms with Crippen molar-refractivity contribution >= 4 is 40.6 Å². The molecule has 1 amide bonds. The van der Waals surface area contributed by atoms with Crippen LogP contribution in [0, 0.1) is 17.0 Å². The van der Waals surface area contributed by atoms with Crippen LogP contribution in [0.3, 0.4) is 0 Å². The van der Waals surface area contributed by atoms with E-state index in [1.54, 1.807) is 6.26 Å². The smallest absolute Gasteiger partial charge is 0.271 e. The Kier molecular flexibility index (Phi) is 6.76. The third-order valence-corrected chi connectivity index (χ3v) is 6.06. The molecule has 9 nitrogen and oxygen atoms in total. The van der Waals surface area contributed by atoms with Crippen molar-refractivity contribution in [1.29, 1.82) is 0 Å². The van der Waals surface area contributed by atoms with E-state index < -0.39 is 4.92 Å². The fraction of sp³-hybridized carbons (Fsp3) is 0.136. The minimum atomic E-state index is -0.549. The Morgan fingerprint density at radius 1 is 1.21 bits per heavy atom. The number of nitro groups is 1. The fourth-order valence-corrected chi connectivity index (χ4v) is 4.06. The standard InChI is InChI=1S/C22H18ClN5O4S/c1-14-17(9-10-32-14)21-25-26-22(27(21)12-15-5-3-2-4-6-15)33-13-20(29)24-19-11-16(28(30)31)7-8-18(19)23/h2-11H,12-13H2,1H3,(H,24,29). The van der Waals surface area contributed by atoms with Gasteiger partial charge in [-0.25, -0.2) is 0 Å². The molecule has 0 unspecified atom stereocenters. The fourth-order valence-electron chi connectivity index (χ4n) is 3.16. The number of carbonyl (C=O) groups is 1. The minimum Gasteiger partial charge on any atom is -0.469 e. The first-order valence-corrected chi connectivity index (χ1v) is 11.2. The van der Waals surface area contributed by atoms with E-state index in [0.717, 1.165) is 11.1 Å². The first kappa shape index (κ1) is 22.6. The van der Waals surface area contributed by atoms with E-state index in [0.29, 0.717) is 23.3 Å². The lowest BCUT2D eigenvalue weighted by molar-refractivity contribution is -0.384. The number of hydrogen-bond donors (Lipinski definition) is 1. The number of carbonyl (C=O) groups excluding carboxylic acids is 1. The Labute approximate surface area is 197 Å². The van der Waals surface area contributed by atoms with Crippen LogP contribution in [0.1, 0.15) is 11.3 Å². The number of aryl methyl sites for hydroxylation is 1. The number of rotatable bonds is 8. The molecule has 0 fully saturated rings. The molecule has 11 heteroatoms. The van der Waals surface area contributed by atoms with Crippen molar-refractivity contribution in [2.45, 2.75) is 18.6 Å². The van der Waals surface area contributed by atoms with Gasteiger partial charge >= 0.3 is 0 Å². The summed E-state index contributed by atoms with van der Waals surface area (Å²) in [6.45, 7) is 2.36. The molecule has 4 rings (SSSR count). The Balaban J connectivity index is 1.54. The number of amides is 1. The Hall–Kier alpha value is -3.63. The maximum Gasteiger partial charge on any atom is 0.271 e. The Bertz CT molecular complexity index is 1310. The molecule has 0 spiro atoms. The third kappa shape index (κ3) is 5.24. The SMILES string of the molecule is Cc1occc1-c1nnc(SCC(=O)Nc2cc([N+](=O)[O-])ccc2Cl)n1Cc1ccccc1. The van der Waals surface area contributed by atoms with Crippen LogP contribution >= 0.6 is 23.4 Å². The summed E-state index contributed by atoms with van der Waals surface area (Å²) in [5, 5.41) is 23.0. The number of hydrogen-bond acceptors (Lipinski definition) is 7. The number of benzene rings is 2. The number of nitrogens with zero attached hydrogens (tertiary/aromatic N) is 4. The van der Waals surface area contributed by atoms with E-state index in [2.05, 4.69) is 15.5 Å². The van der Waals surface area contributed by atoms with Gasteiger partial charge in [0.05, 0.1) is 39.8 Å². The van der Waals surface area contributed by atoms with E-state index in [1.807, 2.05) is 47.9 Å². The first-order valence-electron chi connectivity index (χ1n) is 9.80. The summed E-state index contributed by atoms with van der Waals surface area (Å²) in [5.41, 5.74) is 1.88. The number of nitrogens with one attached hydrogen (secondary N) is 1. The van der Waals surface area contributed by atoms with Crippen LogP contribution in [0.4, 0.5) is 11.4 Å². The molecule has 0 saturated carbocycles. The third-order valence-electron chi connectivity index (χ3n) is 4.77. The number of aromatic nitrogens is 3. The average molecular weight is 484 g/mol. The zero-order valence-electron chi connectivity index (χ0n) is 17.4. The van der Waals surface area contributed by atoms with E-state index in [4.69, 9.17) is 16.0 Å². The quantitative estimate of drug-likeness (QED) is 0.208. The Morgan fingerprint density at radius 2 is 2.00 bits per heavy atom. The number of nitro benzene ring substituents is 1. The van der Waals surface area contributed by atoms with Crippen molar-refractivity contribution in [2.24, 2.45) is 0 Å². The molecular formula is C22H18ClN5O4S. The van der Waals surface area contributed by atoms with Crippen LogP contribution in [0.15, 0.2) is 70.4 Å². The van der Waals surface area contributed by atoms with Gasteiger partial charge in [0, 0.05) is 12.1 Å². The minimum absolute atomic E-state index is 0.0102. The second kappa shape index (κ2) is 9.88. The number of furan rings is 1. The molecule has 2 heterocycles. The van der Waals surface area contributed by atoms with E-state index in [9.17, 15) is 14.9 Å². The summed E-state index contributed by atoms with van der Waals surface area (Å²) < 4.78 is 7.35. The van der Waals surface area contributed by atoms with Gasteiger partial charge in [-0.15, -0.1) is 10.2 Å². The highest BCUT2D eigenvalue weighted by atomic mass is 35.5. The zero-order chi connectivity index (χ0) is 23.4. The van der Waals surface area contributed by atoms with Crippen LogP contribution in [0.2, 0.25) is 5.02 Å². The summed E-state index contributed by atoms with van der Waals surface area (Å²) in [7, 11) is 0. The number of halogens is 1. The maximum atomic E-state index is 12.5. The second-order valence-electron chi connectivity index (χ2n) is 7.03. The summed E-state index contributed by atoms with van der Waals surface area (Å²) >= 11 is 7.28. The van der Waals surface area contributed by atoms with E-state index in [-0.39, 0.29) is 28.1 Å². The molecule has 168 valence electrons. The van der Waals surface area contributed by atoms with Crippen molar-refractivity contribution in [1.82, 2.24) is 14.8 Å². The topological polar surface area (TPSA) is 116 Å². The molecule has 4 aromatic rings. The first-order chi connectivity index (χ1) is 15.9. The van der Waals surface area contributed by atoms with Crippen LogP contribution in [0.25, 0.3) is 11.4 Å². The predicted octanol–water partition coefficient (Wildman–Crippen LogP) is 5.19. The highest BCUT2D eigenvalue weighted by molar-refractivity contribution is 7.99. The normalized spacial score (nSPS) is 10.8. The van der Waals surface area contributed by atoms with Crippen LogP contribution in [-0.2, 0) is 11.3 Å². The van der Waals surface area contributed by atoms with Crippen LogP contribution < -0.4 is 5.32 Å². The lowest BCUT2D eigenvalue weighted by Crippen LogP contribution is -2.15. The lowest BCUT2D eigenvalue weighted by Gasteiger charge is -2.10. The van der Waals surface area contributed by atoms with Crippen LogP contribution in [-0.4, -0.2) is 31.3 Å². The summed E-state index contributed by atoms with van der Waals surface area (Å²) in [5.74, 6) is 0.981. The molecule has 0 aliphatic rings. The average Bonchev–Trinajstić information content (AvgIpc) is 3.40. The number of non-ortho nitro benzene ring substituents is 1. The van der Waals surface area contributed by atoms with Gasteiger partial charge < -0.3 is 9.73 Å². The maximum absolute atomic E-state index is 12.5. The molecule has 0 aliphatic carbocycles. The summed E-state index contributed by atoms with van der Waals surface area (Å²) in [6.07, 6.45) is 1.59. The zero-order valence-corrected chi connectivity index (χ0v) is 19.0. The van der Waals surface area contributed by atoms with Crippen LogP contribution in [0.5, 0.6) is 0 Å². The van der Waals surface area contributed by atoms with E-state index >= 15 is 0 Å². The van der Waals surface area contributed by atoms with Crippen molar-refractivity contribution in [2.75, 3.05) is 11.1 Å². The van der Waals surface area contributed by atoms with Gasteiger partial charge in [-0.05, 0) is 24.6 Å². The van der Waals surface area contributed by atoms with Gasteiger partial charge in [0.1, 0.15) is 5.76 Å². The highest BCUT2D eigenvalue weighted by Gasteiger charge is 2.19. The number of anilines is 1. The Morgan fingerprint density at radius 3 is 2.70 bits per heavy atom. The van der Waals surface area contributed by atoms with Gasteiger partial charge in [-0.1, -0.05) is 53.7 Å². The largest absolute Gasteiger partial charge is 0.469 e. The van der Waals surface area contributed by atoms with Crippen molar-refractivity contribution in [3.8, 4) is 11.4 Å². The van der Waals surface area contributed by atoms with E-state index in [1.165, 1.54) is 30.0 Å². The molecule has 33 heavy (non-hydrogen) atoms. The molecule has 2 aromatic heterocycles. The van der Waals surface area contributed by atoms with Gasteiger partial charge in [0.25, 0.3) is 5.69 Å².